The first-order chi connectivity index (χ1) is 13.8. The Morgan fingerprint density at radius 3 is 2.46 bits per heavy atom. The Morgan fingerprint density at radius 1 is 1.04 bits per heavy atom. The molecule has 1 saturated heterocycles. The summed E-state index contributed by atoms with van der Waals surface area (Å²) in [6.07, 6.45) is 6.68. The summed E-state index contributed by atoms with van der Waals surface area (Å²) in [5.74, 6) is 0.903. The Bertz CT molecular complexity index is 538. The van der Waals surface area contributed by atoms with Crippen LogP contribution in [0.25, 0.3) is 0 Å². The fourth-order valence-corrected chi connectivity index (χ4v) is 3.41. The highest BCUT2D eigenvalue weighted by atomic mass is 16.5. The van der Waals surface area contributed by atoms with Crippen LogP contribution in [0.2, 0.25) is 0 Å². The average molecular weight is 390 g/mol. The largest absolute Gasteiger partial charge is 0.383 e. The molecule has 1 aromatic carbocycles. The highest BCUT2D eigenvalue weighted by molar-refractivity contribution is 5.79. The molecule has 0 unspecified atom stereocenters. The predicted octanol–water partition coefficient (Wildman–Crippen LogP) is 3.07. The zero-order valence-electron chi connectivity index (χ0n) is 17.8. The van der Waals surface area contributed by atoms with Gasteiger partial charge in [0.15, 0.2) is 5.96 Å². The van der Waals surface area contributed by atoms with Crippen molar-refractivity contribution in [2.75, 3.05) is 58.3 Å². The topological polar surface area (TPSA) is 60.9 Å². The molecule has 2 rings (SSSR count). The van der Waals surface area contributed by atoms with Crippen LogP contribution in [0.4, 0.5) is 5.69 Å². The third kappa shape index (κ3) is 9.42. The molecule has 0 bridgehead atoms. The van der Waals surface area contributed by atoms with Gasteiger partial charge in [-0.3, -0.25) is 0 Å². The smallest absolute Gasteiger partial charge is 0.191 e. The van der Waals surface area contributed by atoms with Crippen LogP contribution in [-0.4, -0.2) is 63.8 Å². The second-order valence-electron chi connectivity index (χ2n) is 7.35. The fourth-order valence-electron chi connectivity index (χ4n) is 3.41. The number of anilines is 1. The molecule has 0 spiro atoms. The zero-order valence-corrected chi connectivity index (χ0v) is 17.8. The number of guanidine groups is 1. The van der Waals surface area contributed by atoms with E-state index in [0.29, 0.717) is 13.2 Å². The molecule has 0 aliphatic carbocycles. The van der Waals surface area contributed by atoms with E-state index in [-0.39, 0.29) is 0 Å². The number of aliphatic imine (C=N–C) groups is 1. The van der Waals surface area contributed by atoms with Crippen molar-refractivity contribution in [3.8, 4) is 0 Å². The van der Waals surface area contributed by atoms with Gasteiger partial charge in [-0.2, -0.15) is 0 Å². The molecular weight excluding hydrogens is 350 g/mol. The third-order valence-electron chi connectivity index (χ3n) is 5.00. The highest BCUT2D eigenvalue weighted by Gasteiger charge is 2.08. The van der Waals surface area contributed by atoms with Crippen molar-refractivity contribution in [2.24, 2.45) is 4.99 Å². The molecule has 0 aromatic heterocycles. The standard InChI is InChI=1S/C22H39N5O/c1-3-23-22(25-13-8-17-27-15-6-4-5-7-16-27)26-19-20-9-11-21(12-10-20)24-14-18-28-2/h9-12,24H,3-8,13-19H2,1-2H3,(H2,23,25,26). The maximum absolute atomic E-state index is 5.06. The van der Waals surface area contributed by atoms with Gasteiger partial charge in [0.25, 0.3) is 0 Å². The molecule has 158 valence electrons. The maximum atomic E-state index is 5.06. The lowest BCUT2D eigenvalue weighted by Crippen LogP contribution is -2.39. The SMILES string of the molecule is CCNC(=NCc1ccc(NCCOC)cc1)NCCCN1CCCCCC1. The Morgan fingerprint density at radius 2 is 1.79 bits per heavy atom. The van der Waals surface area contributed by atoms with E-state index < -0.39 is 0 Å². The summed E-state index contributed by atoms with van der Waals surface area (Å²) in [6, 6.07) is 8.45. The van der Waals surface area contributed by atoms with Gasteiger partial charge in [-0.15, -0.1) is 0 Å². The molecule has 1 aliphatic heterocycles. The molecule has 0 amide bonds. The van der Waals surface area contributed by atoms with Gasteiger partial charge in [0.1, 0.15) is 0 Å². The Kier molecular flexibility index (Phi) is 11.4. The van der Waals surface area contributed by atoms with Gasteiger partial charge >= 0.3 is 0 Å². The van der Waals surface area contributed by atoms with Crippen molar-refractivity contribution in [3.63, 3.8) is 0 Å². The first kappa shape index (κ1) is 22.5. The van der Waals surface area contributed by atoms with E-state index in [1.807, 2.05) is 0 Å². The van der Waals surface area contributed by atoms with Gasteiger partial charge < -0.3 is 25.6 Å². The minimum absolute atomic E-state index is 0.680. The van der Waals surface area contributed by atoms with Gasteiger partial charge in [0.05, 0.1) is 13.2 Å². The van der Waals surface area contributed by atoms with Gasteiger partial charge in [-0.1, -0.05) is 25.0 Å². The van der Waals surface area contributed by atoms with E-state index >= 15 is 0 Å². The Hall–Kier alpha value is -1.79. The van der Waals surface area contributed by atoms with Gasteiger partial charge in [0, 0.05) is 32.4 Å². The van der Waals surface area contributed by atoms with Crippen molar-refractivity contribution in [1.29, 1.82) is 0 Å². The zero-order chi connectivity index (χ0) is 19.9. The molecule has 1 fully saturated rings. The van der Waals surface area contributed by atoms with E-state index in [0.717, 1.165) is 37.7 Å². The second kappa shape index (κ2) is 14.2. The molecule has 0 atom stereocenters. The van der Waals surface area contributed by atoms with Gasteiger partial charge in [-0.05, 0) is 63.5 Å². The summed E-state index contributed by atoms with van der Waals surface area (Å²) in [5.41, 5.74) is 2.32. The lowest BCUT2D eigenvalue weighted by Gasteiger charge is -2.20. The quantitative estimate of drug-likeness (QED) is 0.308. The van der Waals surface area contributed by atoms with Crippen LogP contribution < -0.4 is 16.0 Å². The molecule has 6 heteroatoms. The average Bonchev–Trinajstić information content (AvgIpc) is 2.99. The highest BCUT2D eigenvalue weighted by Crippen LogP contribution is 2.10. The first-order valence-corrected chi connectivity index (χ1v) is 10.9. The van der Waals surface area contributed by atoms with Crippen molar-refractivity contribution < 1.29 is 4.74 Å². The minimum Gasteiger partial charge on any atom is -0.383 e. The number of likely N-dealkylation sites (tertiary alicyclic amines) is 1. The van der Waals surface area contributed by atoms with Crippen LogP contribution in [0.1, 0.15) is 44.6 Å². The number of hydrogen-bond donors (Lipinski definition) is 3. The van der Waals surface area contributed by atoms with Crippen LogP contribution in [0.15, 0.2) is 29.3 Å². The summed E-state index contributed by atoms with van der Waals surface area (Å²) in [6.45, 7) is 9.88. The van der Waals surface area contributed by atoms with Crippen LogP contribution in [0.5, 0.6) is 0 Å². The molecule has 28 heavy (non-hydrogen) atoms. The van der Waals surface area contributed by atoms with Crippen molar-refractivity contribution in [3.05, 3.63) is 29.8 Å². The number of ether oxygens (including phenoxy) is 1. The molecule has 1 aromatic rings. The van der Waals surface area contributed by atoms with E-state index in [4.69, 9.17) is 9.73 Å². The lowest BCUT2D eigenvalue weighted by atomic mass is 10.2. The van der Waals surface area contributed by atoms with Crippen LogP contribution in [0, 0.1) is 0 Å². The third-order valence-corrected chi connectivity index (χ3v) is 5.00. The maximum Gasteiger partial charge on any atom is 0.191 e. The Balaban J connectivity index is 1.71. The Labute approximate surface area is 171 Å². The number of nitrogens with zero attached hydrogens (tertiary/aromatic N) is 2. The lowest BCUT2D eigenvalue weighted by molar-refractivity contribution is 0.211. The molecular formula is C22H39N5O. The molecule has 0 saturated carbocycles. The summed E-state index contributed by atoms with van der Waals surface area (Å²) in [7, 11) is 1.72. The van der Waals surface area contributed by atoms with Gasteiger partial charge in [0.2, 0.25) is 0 Å². The summed E-state index contributed by atoms with van der Waals surface area (Å²) >= 11 is 0. The molecule has 1 aliphatic rings. The summed E-state index contributed by atoms with van der Waals surface area (Å²) in [5, 5.41) is 10.2. The van der Waals surface area contributed by atoms with E-state index in [1.54, 1.807) is 7.11 Å². The van der Waals surface area contributed by atoms with Crippen molar-refractivity contribution >= 4 is 11.6 Å². The number of hydrogen-bond acceptors (Lipinski definition) is 4. The van der Waals surface area contributed by atoms with Crippen LogP contribution >= 0.6 is 0 Å². The number of methoxy groups -OCH3 is 1. The molecule has 3 N–H and O–H groups in total. The van der Waals surface area contributed by atoms with Crippen molar-refractivity contribution in [1.82, 2.24) is 15.5 Å². The number of benzene rings is 1. The first-order valence-electron chi connectivity index (χ1n) is 10.9. The fraction of sp³-hybridized carbons (Fsp3) is 0.682. The summed E-state index contributed by atoms with van der Waals surface area (Å²) < 4.78 is 5.06. The number of nitrogens with one attached hydrogen (secondary N) is 3. The minimum atomic E-state index is 0.680. The van der Waals surface area contributed by atoms with Crippen LogP contribution in [-0.2, 0) is 11.3 Å². The van der Waals surface area contributed by atoms with E-state index in [9.17, 15) is 0 Å². The predicted molar refractivity (Wildman–Crippen MR) is 119 cm³/mol. The monoisotopic (exact) mass is 389 g/mol. The molecule has 1 heterocycles. The molecule has 6 nitrogen and oxygen atoms in total. The molecule has 0 radical (unpaired) electrons. The van der Waals surface area contributed by atoms with E-state index in [2.05, 4.69) is 52.0 Å². The summed E-state index contributed by atoms with van der Waals surface area (Å²) in [4.78, 5) is 7.34. The van der Waals surface area contributed by atoms with Crippen molar-refractivity contribution in [2.45, 2.75) is 45.6 Å². The normalized spacial score (nSPS) is 15.9. The van der Waals surface area contributed by atoms with Crippen LogP contribution in [0.3, 0.4) is 0 Å². The second-order valence-corrected chi connectivity index (χ2v) is 7.35. The van der Waals surface area contributed by atoms with Gasteiger partial charge in [-0.25, -0.2) is 4.99 Å². The number of rotatable bonds is 11. The van der Waals surface area contributed by atoms with E-state index in [1.165, 1.54) is 50.9 Å².